The van der Waals surface area contributed by atoms with Gasteiger partial charge >= 0.3 is 0 Å². The molecule has 1 N–H and O–H groups in total. The molecule has 0 aliphatic rings. The summed E-state index contributed by atoms with van der Waals surface area (Å²) in [5.41, 5.74) is 1.19. The average Bonchev–Trinajstić information content (AvgIpc) is 2.33. The van der Waals surface area contributed by atoms with E-state index in [-0.39, 0.29) is 24.0 Å². The Bertz CT molecular complexity index is 390. The first-order chi connectivity index (χ1) is 8.17. The van der Waals surface area contributed by atoms with E-state index in [1.54, 1.807) is 13.1 Å². The van der Waals surface area contributed by atoms with Crippen molar-refractivity contribution in [3.63, 3.8) is 0 Å². The lowest BCUT2D eigenvalue weighted by atomic mass is 10.2. The van der Waals surface area contributed by atoms with Gasteiger partial charge in [-0.15, -0.1) is 30.6 Å². The van der Waals surface area contributed by atoms with Crippen LogP contribution in [0.4, 0.5) is 0 Å². The first-order valence-electron chi connectivity index (χ1n) is 5.44. The van der Waals surface area contributed by atoms with E-state index < -0.39 is 0 Å². The molecule has 0 bridgehead atoms. The molecule has 0 spiro atoms. The zero-order chi connectivity index (χ0) is 12.7. The van der Waals surface area contributed by atoms with Crippen molar-refractivity contribution in [3.8, 4) is 0 Å². The highest BCUT2D eigenvalue weighted by atomic mass is 127. The predicted octanol–water partition coefficient (Wildman–Crippen LogP) is 3.15. The van der Waals surface area contributed by atoms with Crippen LogP contribution in [0.1, 0.15) is 5.56 Å². The lowest BCUT2D eigenvalue weighted by Crippen LogP contribution is -2.38. The van der Waals surface area contributed by atoms with Crippen LogP contribution in [-0.4, -0.2) is 31.5 Å². The number of benzene rings is 1. The van der Waals surface area contributed by atoms with Gasteiger partial charge in [-0.2, -0.15) is 0 Å². The Balaban J connectivity index is 0.00000289. The van der Waals surface area contributed by atoms with Gasteiger partial charge in [-0.25, -0.2) is 0 Å². The van der Waals surface area contributed by atoms with Gasteiger partial charge in [-0.1, -0.05) is 29.8 Å². The summed E-state index contributed by atoms with van der Waals surface area (Å²) in [6.07, 6.45) is 1.81. The van der Waals surface area contributed by atoms with E-state index in [4.69, 9.17) is 11.6 Å². The maximum absolute atomic E-state index is 5.85. The van der Waals surface area contributed by atoms with Gasteiger partial charge < -0.3 is 10.2 Å². The number of hydrogen-bond acceptors (Lipinski definition) is 1. The van der Waals surface area contributed by atoms with Gasteiger partial charge in [-0.05, 0) is 17.7 Å². The Morgan fingerprint density at radius 2 is 2.06 bits per heavy atom. The minimum atomic E-state index is 0. The van der Waals surface area contributed by atoms with Crippen LogP contribution in [0.3, 0.4) is 0 Å². The van der Waals surface area contributed by atoms with E-state index in [9.17, 15) is 0 Å². The third kappa shape index (κ3) is 5.73. The molecule has 0 aromatic heterocycles. The molecule has 0 aliphatic heterocycles. The molecule has 18 heavy (non-hydrogen) atoms. The minimum absolute atomic E-state index is 0. The summed E-state index contributed by atoms with van der Waals surface area (Å²) >= 11 is 5.85. The molecule has 0 unspecified atom stereocenters. The Labute approximate surface area is 131 Å². The molecular weight excluding hydrogens is 361 g/mol. The standard InChI is InChI=1S/C13H18ClN3.HI/c1-4-9-16-13(15-2)17(3)10-11-5-7-12(14)8-6-11;/h4-8H,1,9-10H2,2-3H3,(H,15,16);1H. The molecule has 100 valence electrons. The highest BCUT2D eigenvalue weighted by molar-refractivity contribution is 14.0. The molecule has 1 aromatic carbocycles. The summed E-state index contributed by atoms with van der Waals surface area (Å²) in [6, 6.07) is 7.81. The molecule has 1 aromatic rings. The van der Waals surface area contributed by atoms with Crippen molar-refractivity contribution in [2.75, 3.05) is 20.6 Å². The van der Waals surface area contributed by atoms with Gasteiger partial charge in [0.1, 0.15) is 0 Å². The smallest absolute Gasteiger partial charge is 0.193 e. The minimum Gasteiger partial charge on any atom is -0.353 e. The molecule has 0 fully saturated rings. The van der Waals surface area contributed by atoms with Gasteiger partial charge in [-0.3, -0.25) is 4.99 Å². The molecule has 0 saturated heterocycles. The van der Waals surface area contributed by atoms with Crippen LogP contribution in [-0.2, 0) is 6.54 Å². The zero-order valence-electron chi connectivity index (χ0n) is 10.7. The van der Waals surface area contributed by atoms with Crippen LogP contribution < -0.4 is 5.32 Å². The van der Waals surface area contributed by atoms with Crippen molar-refractivity contribution in [2.45, 2.75) is 6.54 Å². The van der Waals surface area contributed by atoms with E-state index in [0.29, 0.717) is 6.54 Å². The lowest BCUT2D eigenvalue weighted by molar-refractivity contribution is 0.480. The fourth-order valence-corrected chi connectivity index (χ4v) is 1.61. The number of aliphatic imine (C=N–C) groups is 1. The third-order valence-electron chi connectivity index (χ3n) is 2.31. The molecule has 0 atom stereocenters. The first kappa shape index (κ1) is 17.2. The van der Waals surface area contributed by atoms with Gasteiger partial charge in [0.15, 0.2) is 5.96 Å². The second-order valence-electron chi connectivity index (χ2n) is 3.70. The number of guanidine groups is 1. The zero-order valence-corrected chi connectivity index (χ0v) is 13.8. The fraction of sp³-hybridized carbons (Fsp3) is 0.308. The van der Waals surface area contributed by atoms with Crippen LogP contribution in [0, 0.1) is 0 Å². The predicted molar refractivity (Wildman–Crippen MR) is 89.9 cm³/mol. The summed E-state index contributed by atoms with van der Waals surface area (Å²) in [4.78, 5) is 6.25. The Morgan fingerprint density at radius 1 is 1.44 bits per heavy atom. The second-order valence-corrected chi connectivity index (χ2v) is 4.14. The first-order valence-corrected chi connectivity index (χ1v) is 5.82. The topological polar surface area (TPSA) is 27.6 Å². The lowest BCUT2D eigenvalue weighted by Gasteiger charge is -2.21. The summed E-state index contributed by atoms with van der Waals surface area (Å²) in [5, 5.41) is 3.94. The van der Waals surface area contributed by atoms with Gasteiger partial charge in [0.05, 0.1) is 0 Å². The molecule has 0 heterocycles. The molecule has 0 aliphatic carbocycles. The second kappa shape index (κ2) is 9.22. The number of nitrogens with zero attached hydrogens (tertiary/aromatic N) is 2. The molecule has 1 rings (SSSR count). The van der Waals surface area contributed by atoms with Crippen LogP contribution in [0.2, 0.25) is 5.02 Å². The normalized spacial score (nSPS) is 10.5. The van der Waals surface area contributed by atoms with Gasteiger partial charge in [0, 0.05) is 32.2 Å². The molecule has 0 amide bonds. The third-order valence-corrected chi connectivity index (χ3v) is 2.56. The molecule has 0 saturated carbocycles. The average molecular weight is 380 g/mol. The van der Waals surface area contributed by atoms with E-state index >= 15 is 0 Å². The highest BCUT2D eigenvalue weighted by Gasteiger charge is 2.05. The summed E-state index contributed by atoms with van der Waals surface area (Å²) in [7, 11) is 3.76. The monoisotopic (exact) mass is 379 g/mol. The van der Waals surface area contributed by atoms with E-state index in [2.05, 4.69) is 16.9 Å². The highest BCUT2D eigenvalue weighted by Crippen LogP contribution is 2.10. The van der Waals surface area contributed by atoms with E-state index in [0.717, 1.165) is 17.5 Å². The van der Waals surface area contributed by atoms with Crippen molar-refractivity contribution in [1.82, 2.24) is 10.2 Å². The summed E-state index contributed by atoms with van der Waals surface area (Å²) in [5.74, 6) is 0.847. The fourth-order valence-electron chi connectivity index (χ4n) is 1.49. The summed E-state index contributed by atoms with van der Waals surface area (Å²) in [6.45, 7) is 5.16. The summed E-state index contributed by atoms with van der Waals surface area (Å²) < 4.78 is 0. The van der Waals surface area contributed by atoms with Crippen molar-refractivity contribution in [2.24, 2.45) is 4.99 Å². The largest absolute Gasteiger partial charge is 0.353 e. The van der Waals surface area contributed by atoms with Gasteiger partial charge in [0.2, 0.25) is 0 Å². The quantitative estimate of drug-likeness (QED) is 0.377. The van der Waals surface area contributed by atoms with Crippen molar-refractivity contribution >= 4 is 41.5 Å². The Kier molecular flexibility index (Phi) is 8.83. The number of halogens is 2. The molecule has 0 radical (unpaired) electrons. The van der Waals surface area contributed by atoms with E-state index in [1.807, 2.05) is 36.2 Å². The molecule has 5 heteroatoms. The van der Waals surface area contributed by atoms with Crippen LogP contribution in [0.5, 0.6) is 0 Å². The number of rotatable bonds is 4. The maximum Gasteiger partial charge on any atom is 0.193 e. The Hall–Kier alpha value is -0.750. The van der Waals surface area contributed by atoms with Crippen molar-refractivity contribution in [1.29, 1.82) is 0 Å². The van der Waals surface area contributed by atoms with E-state index in [1.165, 1.54) is 5.56 Å². The molecular formula is C13H19ClIN3. The number of hydrogen-bond donors (Lipinski definition) is 1. The van der Waals surface area contributed by atoms with Crippen molar-refractivity contribution < 1.29 is 0 Å². The van der Waals surface area contributed by atoms with Gasteiger partial charge in [0.25, 0.3) is 0 Å². The SMILES string of the molecule is C=CCNC(=NC)N(C)Cc1ccc(Cl)cc1.I. The molecule has 3 nitrogen and oxygen atoms in total. The van der Waals surface area contributed by atoms with Crippen LogP contribution in [0.15, 0.2) is 41.9 Å². The van der Waals surface area contributed by atoms with Crippen molar-refractivity contribution in [3.05, 3.63) is 47.5 Å². The van der Waals surface area contributed by atoms with Crippen LogP contribution in [0.25, 0.3) is 0 Å². The van der Waals surface area contributed by atoms with Crippen LogP contribution >= 0.6 is 35.6 Å². The Morgan fingerprint density at radius 3 is 2.56 bits per heavy atom. The number of nitrogens with one attached hydrogen (secondary N) is 1. The maximum atomic E-state index is 5.85.